The Hall–Kier alpha value is -2.48. The van der Waals surface area contributed by atoms with E-state index in [1.165, 1.54) is 59.3 Å². The van der Waals surface area contributed by atoms with Crippen molar-refractivity contribution in [3.63, 3.8) is 0 Å². The third-order valence-corrected chi connectivity index (χ3v) is 5.53. The maximum absolute atomic E-state index is 5.93. The highest BCUT2D eigenvalue weighted by atomic mass is 16.3. The molecule has 24 heavy (non-hydrogen) atoms. The van der Waals surface area contributed by atoms with Crippen LogP contribution >= 0.6 is 0 Å². The summed E-state index contributed by atoms with van der Waals surface area (Å²) in [6.07, 6.45) is 7.73. The highest BCUT2D eigenvalue weighted by Crippen LogP contribution is 2.46. The molecule has 1 aromatic heterocycles. The smallest absolute Gasteiger partial charge is 0.207 e. The van der Waals surface area contributed by atoms with Gasteiger partial charge in [0, 0.05) is 12.0 Å². The van der Waals surface area contributed by atoms with E-state index < -0.39 is 0 Å². The minimum atomic E-state index is 0.951. The molecule has 0 fully saturated rings. The van der Waals surface area contributed by atoms with Gasteiger partial charge in [0.25, 0.3) is 0 Å². The lowest BCUT2D eigenvalue weighted by Gasteiger charge is -2.33. The van der Waals surface area contributed by atoms with E-state index in [0.29, 0.717) is 0 Å². The molecule has 1 aliphatic carbocycles. The lowest BCUT2D eigenvalue weighted by atomic mass is 9.86. The van der Waals surface area contributed by atoms with Crippen molar-refractivity contribution in [2.45, 2.75) is 39.0 Å². The van der Waals surface area contributed by atoms with Crippen molar-refractivity contribution < 1.29 is 4.42 Å². The molecule has 0 saturated carbocycles. The zero-order valence-corrected chi connectivity index (χ0v) is 14.0. The third-order valence-electron chi connectivity index (χ3n) is 5.53. The van der Waals surface area contributed by atoms with Crippen molar-refractivity contribution in [3.05, 3.63) is 76.5 Å². The first-order chi connectivity index (χ1) is 11.8. The van der Waals surface area contributed by atoms with Gasteiger partial charge in [0.1, 0.15) is 0 Å². The zero-order valence-electron chi connectivity index (χ0n) is 14.0. The molecule has 5 rings (SSSR count). The van der Waals surface area contributed by atoms with Gasteiger partial charge in [-0.2, -0.15) is 0 Å². The van der Waals surface area contributed by atoms with Gasteiger partial charge >= 0.3 is 0 Å². The van der Waals surface area contributed by atoms with Crippen LogP contribution in [0.3, 0.4) is 0 Å². The van der Waals surface area contributed by atoms with E-state index >= 15 is 0 Å². The van der Waals surface area contributed by atoms with Gasteiger partial charge < -0.3 is 4.42 Å². The molecule has 0 bridgehead atoms. The largest absolute Gasteiger partial charge is 0.448 e. The van der Waals surface area contributed by atoms with Crippen LogP contribution in [0.5, 0.6) is 0 Å². The number of nitrogens with zero attached hydrogens (tertiary/aromatic N) is 1. The van der Waals surface area contributed by atoms with E-state index in [4.69, 9.17) is 4.42 Å². The van der Waals surface area contributed by atoms with E-state index in [0.717, 1.165) is 12.3 Å². The predicted octanol–water partition coefficient (Wildman–Crippen LogP) is 5.84. The van der Waals surface area contributed by atoms with Crippen LogP contribution in [0, 0.1) is 6.92 Å². The monoisotopic (exact) mass is 315 g/mol. The lowest BCUT2D eigenvalue weighted by Crippen LogP contribution is -2.20. The van der Waals surface area contributed by atoms with Gasteiger partial charge in [0.2, 0.25) is 5.88 Å². The standard InChI is InChI=1S/C22H21NO/c1-15-10-11-21(19-8-4-3-7-18(15)19)23-20-9-5-2-6-16(20)14-17-12-13-24-22(17)23/h2,5-6,9-13H,3-4,7-8,14H2,1H3. The second-order valence-electron chi connectivity index (χ2n) is 6.96. The molecule has 1 aliphatic heterocycles. The summed E-state index contributed by atoms with van der Waals surface area (Å²) in [7, 11) is 0. The molecule has 0 spiro atoms. The minimum Gasteiger partial charge on any atom is -0.448 e. The normalized spacial score (nSPS) is 15.6. The summed E-state index contributed by atoms with van der Waals surface area (Å²) >= 11 is 0. The van der Waals surface area contributed by atoms with Gasteiger partial charge in [-0.3, -0.25) is 4.90 Å². The SMILES string of the molecule is Cc1ccc(N2c3ccccc3Cc3ccoc32)c2c1CCCC2. The number of aryl methyl sites for hydroxylation is 1. The Morgan fingerprint density at radius 1 is 0.833 bits per heavy atom. The average Bonchev–Trinajstić information content (AvgIpc) is 3.09. The van der Waals surface area contributed by atoms with Gasteiger partial charge in [-0.05, 0) is 73.1 Å². The van der Waals surface area contributed by atoms with Crippen molar-refractivity contribution in [1.29, 1.82) is 0 Å². The Morgan fingerprint density at radius 2 is 1.67 bits per heavy atom. The molecule has 0 N–H and O–H groups in total. The fourth-order valence-electron chi connectivity index (χ4n) is 4.33. The van der Waals surface area contributed by atoms with Gasteiger partial charge in [-0.25, -0.2) is 0 Å². The Bertz CT molecular complexity index is 921. The van der Waals surface area contributed by atoms with E-state index in [-0.39, 0.29) is 0 Å². The molecule has 0 atom stereocenters. The molecule has 0 amide bonds. The van der Waals surface area contributed by atoms with Crippen molar-refractivity contribution in [2.75, 3.05) is 4.90 Å². The molecule has 2 nitrogen and oxygen atoms in total. The minimum absolute atomic E-state index is 0.951. The van der Waals surface area contributed by atoms with Gasteiger partial charge in [0.15, 0.2) is 0 Å². The molecule has 2 aliphatic rings. The number of rotatable bonds is 1. The number of anilines is 3. The second kappa shape index (κ2) is 5.27. The summed E-state index contributed by atoms with van der Waals surface area (Å²) in [4.78, 5) is 2.34. The topological polar surface area (TPSA) is 16.4 Å². The van der Waals surface area contributed by atoms with Crippen molar-refractivity contribution in [2.24, 2.45) is 0 Å². The maximum atomic E-state index is 5.93. The summed E-state index contributed by atoms with van der Waals surface area (Å²) in [5.41, 5.74) is 9.71. The highest BCUT2D eigenvalue weighted by molar-refractivity contribution is 5.83. The molecule has 0 radical (unpaired) electrons. The number of fused-ring (bicyclic) bond motifs is 3. The van der Waals surface area contributed by atoms with Crippen molar-refractivity contribution in [3.8, 4) is 0 Å². The molecule has 0 unspecified atom stereocenters. The molecular weight excluding hydrogens is 294 g/mol. The molecular formula is C22H21NO. The predicted molar refractivity (Wildman–Crippen MR) is 97.6 cm³/mol. The Morgan fingerprint density at radius 3 is 2.58 bits per heavy atom. The third kappa shape index (κ3) is 1.96. The lowest BCUT2D eigenvalue weighted by molar-refractivity contribution is 0.568. The first-order valence-corrected chi connectivity index (χ1v) is 8.88. The fourth-order valence-corrected chi connectivity index (χ4v) is 4.33. The maximum Gasteiger partial charge on any atom is 0.207 e. The highest BCUT2D eigenvalue weighted by Gasteiger charge is 2.29. The first-order valence-electron chi connectivity index (χ1n) is 8.88. The molecule has 3 aromatic rings. The number of hydrogen-bond donors (Lipinski definition) is 0. The van der Waals surface area contributed by atoms with E-state index in [1.807, 2.05) is 6.26 Å². The van der Waals surface area contributed by atoms with Crippen LogP contribution in [0.15, 0.2) is 53.1 Å². The first kappa shape index (κ1) is 13.9. The molecule has 0 saturated heterocycles. The fraction of sp³-hybridized carbons (Fsp3) is 0.273. The average molecular weight is 315 g/mol. The summed E-state index contributed by atoms with van der Waals surface area (Å²) in [5, 5.41) is 0. The molecule has 2 heteroatoms. The number of furan rings is 1. The van der Waals surface area contributed by atoms with Crippen LogP contribution in [-0.4, -0.2) is 0 Å². The van der Waals surface area contributed by atoms with Crippen LogP contribution < -0.4 is 4.90 Å². The van der Waals surface area contributed by atoms with Crippen LogP contribution in [-0.2, 0) is 19.3 Å². The van der Waals surface area contributed by atoms with E-state index in [9.17, 15) is 0 Å². The Kier molecular flexibility index (Phi) is 3.05. The number of benzene rings is 2. The summed E-state index contributed by atoms with van der Waals surface area (Å²) in [5.74, 6) is 0.991. The Balaban J connectivity index is 1.77. The van der Waals surface area contributed by atoms with Crippen molar-refractivity contribution >= 4 is 17.3 Å². The number of hydrogen-bond acceptors (Lipinski definition) is 2. The molecule has 120 valence electrons. The summed E-state index contributed by atoms with van der Waals surface area (Å²) in [6.45, 7) is 2.25. The van der Waals surface area contributed by atoms with Crippen LogP contribution in [0.2, 0.25) is 0 Å². The van der Waals surface area contributed by atoms with Crippen LogP contribution in [0.25, 0.3) is 0 Å². The zero-order chi connectivity index (χ0) is 16.1. The van der Waals surface area contributed by atoms with Gasteiger partial charge in [-0.15, -0.1) is 0 Å². The van der Waals surface area contributed by atoms with Gasteiger partial charge in [-0.1, -0.05) is 24.3 Å². The van der Waals surface area contributed by atoms with E-state index in [2.05, 4.69) is 54.3 Å². The van der Waals surface area contributed by atoms with Crippen LogP contribution in [0.1, 0.15) is 40.7 Å². The Labute approximate surface area is 142 Å². The quantitative estimate of drug-likeness (QED) is 0.438. The van der Waals surface area contributed by atoms with Crippen LogP contribution in [0.4, 0.5) is 17.3 Å². The van der Waals surface area contributed by atoms with Crippen molar-refractivity contribution in [1.82, 2.24) is 0 Å². The molecule has 2 heterocycles. The second-order valence-corrected chi connectivity index (χ2v) is 6.96. The number of para-hydroxylation sites is 1. The summed E-state index contributed by atoms with van der Waals surface area (Å²) < 4.78 is 5.93. The molecule has 2 aromatic carbocycles. The van der Waals surface area contributed by atoms with E-state index in [1.54, 1.807) is 5.56 Å². The van der Waals surface area contributed by atoms with Gasteiger partial charge in [0.05, 0.1) is 17.6 Å². The summed E-state index contributed by atoms with van der Waals surface area (Å²) in [6, 6.07) is 15.4.